The first-order valence-electron chi connectivity index (χ1n) is 10.0. The summed E-state index contributed by atoms with van der Waals surface area (Å²) in [5, 5.41) is 0.903. The smallest absolute Gasteiger partial charge is 0.229 e. The van der Waals surface area contributed by atoms with Crippen molar-refractivity contribution in [2.24, 2.45) is 0 Å². The molecule has 0 saturated carbocycles. The quantitative estimate of drug-likeness (QED) is 0.424. The number of H-pyrrole nitrogens is 1. The van der Waals surface area contributed by atoms with Crippen molar-refractivity contribution >= 4 is 32.5 Å². The van der Waals surface area contributed by atoms with Crippen molar-refractivity contribution in [3.63, 3.8) is 0 Å². The Morgan fingerprint density at radius 1 is 1.06 bits per heavy atom. The van der Waals surface area contributed by atoms with Crippen LogP contribution in [0.2, 0.25) is 0 Å². The topological polar surface area (TPSA) is 101 Å². The van der Waals surface area contributed by atoms with E-state index in [1.165, 1.54) is 0 Å². The highest BCUT2D eigenvalue weighted by Crippen LogP contribution is 2.29. The molecule has 2 aromatic carbocycles. The zero-order chi connectivity index (χ0) is 22.7. The molecular weight excluding hydrogens is 426 g/mol. The Kier molecular flexibility index (Phi) is 5.96. The molecule has 0 spiro atoms. The molecule has 7 nitrogen and oxygen atoms in total. The molecule has 0 atom stereocenters. The monoisotopic (exact) mass is 449 g/mol. The summed E-state index contributed by atoms with van der Waals surface area (Å²) in [6.07, 6.45) is 3.41. The van der Waals surface area contributed by atoms with Crippen LogP contribution in [0.3, 0.4) is 0 Å². The van der Waals surface area contributed by atoms with E-state index in [4.69, 9.17) is 4.74 Å². The number of hydrogen-bond acceptors (Lipinski definition) is 5. The zero-order valence-corrected chi connectivity index (χ0v) is 18.6. The first-order chi connectivity index (χ1) is 15.3. The van der Waals surface area contributed by atoms with E-state index in [0.717, 1.165) is 39.8 Å². The van der Waals surface area contributed by atoms with E-state index in [9.17, 15) is 13.2 Å². The van der Waals surface area contributed by atoms with Crippen molar-refractivity contribution in [3.8, 4) is 16.9 Å². The van der Waals surface area contributed by atoms with Crippen LogP contribution in [0.15, 0.2) is 66.9 Å². The molecule has 4 rings (SSSR count). The number of ketones is 1. The van der Waals surface area contributed by atoms with Crippen LogP contribution in [-0.4, -0.2) is 37.5 Å². The average molecular weight is 450 g/mol. The number of sulfonamides is 1. The number of anilines is 1. The number of rotatable bonds is 8. The summed E-state index contributed by atoms with van der Waals surface area (Å²) in [4.78, 5) is 20.3. The number of fused-ring (bicyclic) bond motifs is 1. The maximum absolute atomic E-state index is 12.6. The Balaban J connectivity index is 1.55. The van der Waals surface area contributed by atoms with Crippen molar-refractivity contribution in [2.75, 3.05) is 18.1 Å². The fourth-order valence-corrected chi connectivity index (χ4v) is 4.21. The third kappa shape index (κ3) is 5.15. The number of Topliss-reactive ketones (excluding diaryl/α,β-unsaturated/α-hetero) is 1. The van der Waals surface area contributed by atoms with E-state index in [-0.39, 0.29) is 12.2 Å². The van der Waals surface area contributed by atoms with Gasteiger partial charge in [-0.15, -0.1) is 0 Å². The average Bonchev–Trinajstić information content (AvgIpc) is 3.15. The van der Waals surface area contributed by atoms with Crippen molar-refractivity contribution in [1.82, 2.24) is 9.97 Å². The van der Waals surface area contributed by atoms with Gasteiger partial charge in [0.15, 0.2) is 0 Å². The molecule has 8 heteroatoms. The molecule has 0 fully saturated rings. The van der Waals surface area contributed by atoms with Gasteiger partial charge in [0, 0.05) is 35.8 Å². The van der Waals surface area contributed by atoms with Crippen molar-refractivity contribution < 1.29 is 17.9 Å². The molecule has 0 bridgehead atoms. The molecule has 32 heavy (non-hydrogen) atoms. The van der Waals surface area contributed by atoms with Gasteiger partial charge >= 0.3 is 0 Å². The van der Waals surface area contributed by atoms with Crippen molar-refractivity contribution in [2.45, 2.75) is 12.8 Å². The Morgan fingerprint density at radius 2 is 1.84 bits per heavy atom. The summed E-state index contributed by atoms with van der Waals surface area (Å²) in [6.45, 7) is 0. The van der Waals surface area contributed by atoms with Gasteiger partial charge in [0.05, 0.1) is 13.4 Å². The molecule has 2 aromatic heterocycles. The molecule has 0 amide bonds. The fourth-order valence-electron chi connectivity index (χ4n) is 3.65. The largest absolute Gasteiger partial charge is 0.497 e. The van der Waals surface area contributed by atoms with Gasteiger partial charge in [-0.2, -0.15) is 0 Å². The van der Waals surface area contributed by atoms with Crippen LogP contribution >= 0.6 is 0 Å². The lowest BCUT2D eigenvalue weighted by molar-refractivity contribution is -0.117. The van der Waals surface area contributed by atoms with Gasteiger partial charge in [-0.25, -0.2) is 13.4 Å². The number of hydrogen-bond donors (Lipinski definition) is 2. The van der Waals surface area contributed by atoms with Crippen LogP contribution in [0.25, 0.3) is 22.2 Å². The van der Waals surface area contributed by atoms with Crippen LogP contribution < -0.4 is 9.46 Å². The number of carbonyl (C=O) groups is 1. The number of pyridine rings is 1. The van der Waals surface area contributed by atoms with Crippen LogP contribution in [0.4, 0.5) is 5.69 Å². The fraction of sp³-hybridized carbons (Fsp3) is 0.167. The van der Waals surface area contributed by atoms with Gasteiger partial charge in [-0.05, 0) is 53.1 Å². The van der Waals surface area contributed by atoms with Crippen LogP contribution in [0.5, 0.6) is 5.75 Å². The van der Waals surface area contributed by atoms with E-state index in [2.05, 4.69) is 14.7 Å². The summed E-state index contributed by atoms with van der Waals surface area (Å²) >= 11 is 0. The molecule has 164 valence electrons. The highest BCUT2D eigenvalue weighted by atomic mass is 32.2. The minimum absolute atomic E-state index is 0.0857. The summed E-state index contributed by atoms with van der Waals surface area (Å²) in [6, 6.07) is 18.5. The van der Waals surface area contributed by atoms with Crippen LogP contribution in [0, 0.1) is 0 Å². The first kappa shape index (κ1) is 21.6. The molecule has 2 heterocycles. The minimum atomic E-state index is -3.33. The highest BCUT2D eigenvalue weighted by molar-refractivity contribution is 7.92. The summed E-state index contributed by atoms with van der Waals surface area (Å²) in [5.41, 5.74) is 4.77. The zero-order valence-electron chi connectivity index (χ0n) is 17.8. The standard InChI is InChI=1S/C24H23N3O4S/c1-31-21-5-3-4-16(13-21)12-20(28)14-19-15-23-22(10-11-25-24(23)26-19)17-6-8-18(9-7-17)27-32(2,29)30/h3-11,13,15,27H,12,14H2,1-2H3,(H,25,26). The van der Waals surface area contributed by atoms with Gasteiger partial charge in [0.2, 0.25) is 10.0 Å². The summed E-state index contributed by atoms with van der Waals surface area (Å²) < 4.78 is 30.5. The molecular formula is C24H23N3O4S. The molecule has 0 radical (unpaired) electrons. The number of carbonyl (C=O) groups excluding carboxylic acids is 1. The normalized spacial score (nSPS) is 11.4. The van der Waals surface area contributed by atoms with Gasteiger partial charge in [-0.1, -0.05) is 24.3 Å². The maximum atomic E-state index is 12.6. The van der Waals surface area contributed by atoms with E-state index >= 15 is 0 Å². The third-order valence-corrected chi connectivity index (χ3v) is 5.62. The first-order valence-corrected chi connectivity index (χ1v) is 11.9. The molecule has 0 aliphatic rings. The number of aromatic nitrogens is 2. The molecule has 0 aliphatic carbocycles. The lowest BCUT2D eigenvalue weighted by Crippen LogP contribution is -2.09. The lowest BCUT2D eigenvalue weighted by atomic mass is 10.0. The third-order valence-electron chi connectivity index (χ3n) is 5.01. The Bertz CT molecular complexity index is 1380. The molecule has 4 aromatic rings. The number of ether oxygens (including phenoxy) is 1. The van der Waals surface area contributed by atoms with Crippen molar-refractivity contribution in [3.05, 3.63) is 78.1 Å². The maximum Gasteiger partial charge on any atom is 0.229 e. The Labute approximate surface area is 186 Å². The van der Waals surface area contributed by atoms with Crippen LogP contribution in [0.1, 0.15) is 11.3 Å². The van der Waals surface area contributed by atoms with Gasteiger partial charge < -0.3 is 9.72 Å². The van der Waals surface area contributed by atoms with E-state index in [0.29, 0.717) is 17.8 Å². The number of aromatic amines is 1. The second-order valence-corrected chi connectivity index (χ2v) is 9.36. The number of methoxy groups -OCH3 is 1. The second kappa shape index (κ2) is 8.84. The summed E-state index contributed by atoms with van der Waals surface area (Å²) in [5.74, 6) is 0.815. The number of nitrogens with one attached hydrogen (secondary N) is 2. The van der Waals surface area contributed by atoms with Gasteiger partial charge in [0.25, 0.3) is 0 Å². The SMILES string of the molecule is COc1cccc(CC(=O)Cc2cc3c(-c4ccc(NS(C)(=O)=O)cc4)ccnc3[nH]2)c1. The minimum Gasteiger partial charge on any atom is -0.497 e. The Morgan fingerprint density at radius 3 is 2.56 bits per heavy atom. The molecule has 0 saturated heterocycles. The van der Waals surface area contributed by atoms with Gasteiger partial charge in [-0.3, -0.25) is 9.52 Å². The molecule has 0 aliphatic heterocycles. The predicted molar refractivity (Wildman–Crippen MR) is 125 cm³/mol. The van der Waals surface area contributed by atoms with E-state index in [1.54, 1.807) is 25.4 Å². The number of nitrogens with zero attached hydrogens (tertiary/aromatic N) is 1. The highest BCUT2D eigenvalue weighted by Gasteiger charge is 2.12. The molecule has 0 unspecified atom stereocenters. The van der Waals surface area contributed by atoms with Crippen molar-refractivity contribution in [1.29, 1.82) is 0 Å². The molecule has 2 N–H and O–H groups in total. The van der Waals surface area contributed by atoms with Gasteiger partial charge in [0.1, 0.15) is 17.2 Å². The van der Waals surface area contributed by atoms with Crippen LogP contribution in [-0.2, 0) is 27.7 Å². The van der Waals surface area contributed by atoms with E-state index in [1.807, 2.05) is 48.5 Å². The van der Waals surface area contributed by atoms with E-state index < -0.39 is 10.0 Å². The Hall–Kier alpha value is -3.65. The summed E-state index contributed by atoms with van der Waals surface area (Å²) in [7, 11) is -1.73. The predicted octanol–water partition coefficient (Wildman–Crippen LogP) is 3.96. The number of benzene rings is 2. The lowest BCUT2D eigenvalue weighted by Gasteiger charge is -2.06. The second-order valence-electron chi connectivity index (χ2n) is 7.61.